The summed E-state index contributed by atoms with van der Waals surface area (Å²) in [6, 6.07) is 0. The number of carboxylic acid groups (broad SMARTS) is 2. The van der Waals surface area contributed by atoms with Gasteiger partial charge in [0.25, 0.3) is 0 Å². The van der Waals surface area contributed by atoms with Crippen LogP contribution >= 0.6 is 0 Å². The first kappa shape index (κ1) is 15.7. The molecule has 0 saturated carbocycles. The Balaban J connectivity index is -0.0000000480. The van der Waals surface area contributed by atoms with Crippen molar-refractivity contribution in [1.82, 2.24) is 0 Å². The zero-order valence-corrected chi connectivity index (χ0v) is 8.05. The Morgan fingerprint density at radius 2 is 1.29 bits per heavy atom. The van der Waals surface area contributed by atoms with Crippen molar-refractivity contribution >= 4 is 66.9 Å². The second-order valence-corrected chi connectivity index (χ2v) is 0.250. The third kappa shape index (κ3) is 144. The number of hydrogen-bond donors (Lipinski definition) is 0. The molecule has 0 amide bonds. The second kappa shape index (κ2) is 15.7. The van der Waals surface area contributed by atoms with E-state index in [4.69, 9.17) is 18.0 Å². The van der Waals surface area contributed by atoms with Gasteiger partial charge in [-0.3, -0.25) is 0 Å². The summed E-state index contributed by atoms with van der Waals surface area (Å²) < 4.78 is 8.30. The van der Waals surface area contributed by atoms with Gasteiger partial charge in [0, 0.05) is 0 Å². The third-order valence-corrected chi connectivity index (χ3v) is 0. The van der Waals surface area contributed by atoms with E-state index < -0.39 is 6.16 Å². The van der Waals surface area contributed by atoms with Gasteiger partial charge in [0.05, 0.1) is 0 Å². The van der Waals surface area contributed by atoms with Crippen LogP contribution in [0.4, 0.5) is 4.79 Å². The Morgan fingerprint density at radius 3 is 1.29 bits per heavy atom. The van der Waals surface area contributed by atoms with Crippen LogP contribution in [0.5, 0.6) is 0 Å². The molecule has 7 heavy (non-hydrogen) atoms. The van der Waals surface area contributed by atoms with Crippen LogP contribution in [0.3, 0.4) is 0 Å². The maximum atomic E-state index is 8.33. The van der Waals surface area contributed by atoms with E-state index in [9.17, 15) is 0 Å². The van der Waals surface area contributed by atoms with E-state index in [-0.39, 0.29) is 37.7 Å². The third-order valence-electron chi connectivity index (χ3n) is 0. The fourth-order valence-electron chi connectivity index (χ4n) is 0. The monoisotopic (exact) mass is 237 g/mol. The van der Waals surface area contributed by atoms with E-state index in [1.165, 1.54) is 0 Å². The van der Waals surface area contributed by atoms with Crippen molar-refractivity contribution in [3.8, 4) is 0 Å². The molecule has 0 spiro atoms. The van der Waals surface area contributed by atoms with Crippen LogP contribution < -0.4 is 10.2 Å². The summed E-state index contributed by atoms with van der Waals surface area (Å²) in [5.41, 5.74) is 0. The summed E-state index contributed by atoms with van der Waals surface area (Å²) in [5, 5.41) is 16.7. The summed E-state index contributed by atoms with van der Waals surface area (Å²) >= 11 is 0.500. The van der Waals surface area contributed by atoms with Crippen molar-refractivity contribution in [2.45, 2.75) is 0 Å². The van der Waals surface area contributed by atoms with Crippen LogP contribution in [0.1, 0.15) is 0 Å². The molecular formula is CCaO4Sb+. The molecule has 0 aliphatic carbocycles. The van der Waals surface area contributed by atoms with Crippen molar-refractivity contribution < 1.29 is 18.0 Å². The number of carbonyl (C=O) groups is 1. The fourth-order valence-corrected chi connectivity index (χ4v) is 0. The Kier molecular flexibility index (Phi) is 35.2. The van der Waals surface area contributed by atoms with Gasteiger partial charge in [0.2, 0.25) is 0 Å². The molecule has 0 aliphatic rings. The molecule has 0 bridgehead atoms. The second-order valence-electron chi connectivity index (χ2n) is 0.250. The first-order chi connectivity index (χ1) is 2.73. The molecular weight excluding hydrogens is 238 g/mol. The van der Waals surface area contributed by atoms with Gasteiger partial charge in [-0.05, 0) is 6.16 Å². The maximum absolute atomic E-state index is 8.33. The zero-order chi connectivity index (χ0) is 5.58. The van der Waals surface area contributed by atoms with Gasteiger partial charge in [-0.1, -0.05) is 0 Å². The summed E-state index contributed by atoms with van der Waals surface area (Å²) in [6.07, 6.45) is -2.33. The van der Waals surface area contributed by atoms with Crippen molar-refractivity contribution in [2.24, 2.45) is 0 Å². The van der Waals surface area contributed by atoms with E-state index in [2.05, 4.69) is 0 Å². The van der Waals surface area contributed by atoms with Gasteiger partial charge in [-0.25, -0.2) is 0 Å². The molecule has 0 fully saturated rings. The van der Waals surface area contributed by atoms with Crippen molar-refractivity contribution in [2.75, 3.05) is 0 Å². The van der Waals surface area contributed by atoms with E-state index in [1.54, 1.807) is 0 Å². The van der Waals surface area contributed by atoms with Gasteiger partial charge in [0.15, 0.2) is 0 Å². The van der Waals surface area contributed by atoms with Gasteiger partial charge in [-0.2, -0.15) is 0 Å². The molecule has 0 heterocycles. The van der Waals surface area contributed by atoms with Crippen LogP contribution in [0.2, 0.25) is 0 Å². The Bertz CT molecular complexity index is 43.0. The minimum atomic E-state index is -2.33. The van der Waals surface area contributed by atoms with Crippen molar-refractivity contribution in [1.29, 1.82) is 0 Å². The first-order valence-corrected chi connectivity index (χ1v) is 1.84. The summed E-state index contributed by atoms with van der Waals surface area (Å²) in [5.74, 6) is 0. The molecule has 0 aromatic heterocycles. The van der Waals surface area contributed by atoms with Crippen LogP contribution in [0.15, 0.2) is 0 Å². The molecule has 6 heteroatoms. The molecule has 0 aromatic carbocycles. The van der Waals surface area contributed by atoms with Gasteiger partial charge >= 0.3 is 63.8 Å². The van der Waals surface area contributed by atoms with E-state index in [0.717, 1.165) is 0 Å². The van der Waals surface area contributed by atoms with Crippen molar-refractivity contribution in [3.05, 3.63) is 0 Å². The average Bonchev–Trinajstić information content (AvgIpc) is 1.41. The molecule has 0 unspecified atom stereocenters. The average molecular weight is 238 g/mol. The Hall–Kier alpha value is 1.15. The van der Waals surface area contributed by atoms with Crippen LogP contribution in [0, 0.1) is 0 Å². The standard InChI is InChI=1S/CH2O3.Ca.O.Sb/c2-1(3)4;;;/h(H2,2,3,4);;;/q;+2;;+1/p-2. The molecule has 0 N–H and O–H groups in total. The molecule has 2 radical (unpaired) electrons. The number of hydrogen-bond acceptors (Lipinski definition) is 4. The van der Waals surface area contributed by atoms with Gasteiger partial charge in [-0.15, -0.1) is 0 Å². The molecule has 34 valence electrons. The summed E-state index contributed by atoms with van der Waals surface area (Å²) in [6.45, 7) is 0. The quantitative estimate of drug-likeness (QED) is 0.413. The topological polar surface area (TPSA) is 80.3 Å². The van der Waals surface area contributed by atoms with Crippen LogP contribution in [-0.4, -0.2) is 66.9 Å². The fraction of sp³-hybridized carbons (Fsp3) is 0. The SMILES string of the molecule is O=C([O-])[O-].[Ca+2].[O]=[Sb+]. The van der Waals surface area contributed by atoms with Crippen molar-refractivity contribution in [3.63, 3.8) is 0 Å². The predicted molar refractivity (Wildman–Crippen MR) is 17.6 cm³/mol. The normalized spacial score (nSPS) is 4.00. The molecule has 0 rings (SSSR count). The van der Waals surface area contributed by atoms with E-state index in [0.29, 0.717) is 23.0 Å². The molecule has 0 aliphatic heterocycles. The van der Waals surface area contributed by atoms with Crippen LogP contribution in [0.25, 0.3) is 0 Å². The molecule has 4 nitrogen and oxygen atoms in total. The number of rotatable bonds is 0. The summed E-state index contributed by atoms with van der Waals surface area (Å²) in [7, 11) is 0. The van der Waals surface area contributed by atoms with E-state index in [1.807, 2.05) is 0 Å². The first-order valence-electron chi connectivity index (χ1n) is 0.795. The zero-order valence-electron chi connectivity index (χ0n) is 3.29. The number of carbonyl (C=O) groups excluding carboxylic acids is 1. The van der Waals surface area contributed by atoms with E-state index >= 15 is 0 Å². The predicted octanol–water partition coefficient (Wildman–Crippen LogP) is -3.33. The Labute approximate surface area is 83.8 Å². The van der Waals surface area contributed by atoms with Gasteiger partial charge in [0.1, 0.15) is 0 Å². The minimum absolute atomic E-state index is 0. The summed E-state index contributed by atoms with van der Waals surface area (Å²) in [4.78, 5) is 8.33. The van der Waals surface area contributed by atoms with Crippen LogP contribution in [-0.2, 0) is 3.02 Å². The molecule has 0 atom stereocenters. The van der Waals surface area contributed by atoms with Gasteiger partial charge < -0.3 is 15.0 Å². The Morgan fingerprint density at radius 1 is 1.29 bits per heavy atom. The molecule has 0 saturated heterocycles. The molecule has 0 aromatic rings.